The van der Waals surface area contributed by atoms with Crippen molar-refractivity contribution in [2.75, 3.05) is 0 Å². The van der Waals surface area contributed by atoms with Gasteiger partial charge in [-0.2, -0.15) is 0 Å². The second-order valence-corrected chi connectivity index (χ2v) is 4.47. The Morgan fingerprint density at radius 1 is 1.67 bits per heavy atom. The van der Waals surface area contributed by atoms with Gasteiger partial charge >= 0.3 is 5.97 Å². The molecule has 0 aliphatic carbocycles. The standard InChI is InChI=1S/C13H15NO4/c1-8-2-3-12-9(4-8)5-10(18-12)6-11(13(16)17)14-7-15/h2-4,7,10-11H,5-6H2,1H3,(H,14,15)(H,16,17). The fraction of sp³-hybridized carbons (Fsp3) is 0.385. The lowest BCUT2D eigenvalue weighted by molar-refractivity contribution is -0.141. The molecule has 0 saturated heterocycles. The first-order chi connectivity index (χ1) is 8.60. The number of carboxylic acid groups (broad SMARTS) is 1. The molecule has 2 atom stereocenters. The van der Waals surface area contributed by atoms with Crippen LogP contribution in [0.15, 0.2) is 18.2 Å². The van der Waals surface area contributed by atoms with E-state index in [4.69, 9.17) is 9.84 Å². The zero-order valence-corrected chi connectivity index (χ0v) is 10.1. The summed E-state index contributed by atoms with van der Waals surface area (Å²) >= 11 is 0. The minimum Gasteiger partial charge on any atom is -0.490 e. The third-order valence-corrected chi connectivity index (χ3v) is 3.02. The number of carbonyl (C=O) groups is 2. The van der Waals surface area contributed by atoms with Gasteiger partial charge in [0.05, 0.1) is 0 Å². The Morgan fingerprint density at radius 3 is 3.11 bits per heavy atom. The maximum atomic E-state index is 10.9. The minimum atomic E-state index is -1.04. The summed E-state index contributed by atoms with van der Waals surface area (Å²) in [4.78, 5) is 21.3. The first kappa shape index (κ1) is 12.4. The molecule has 0 radical (unpaired) electrons. The van der Waals surface area contributed by atoms with Crippen LogP contribution in [0, 0.1) is 6.92 Å². The Kier molecular flexibility index (Phi) is 3.50. The maximum Gasteiger partial charge on any atom is 0.326 e. The van der Waals surface area contributed by atoms with Crippen LogP contribution in [-0.4, -0.2) is 29.6 Å². The molecular weight excluding hydrogens is 234 g/mol. The number of aliphatic carboxylic acids is 1. The summed E-state index contributed by atoms with van der Waals surface area (Å²) in [5, 5.41) is 11.2. The van der Waals surface area contributed by atoms with Crippen molar-refractivity contribution in [2.24, 2.45) is 0 Å². The van der Waals surface area contributed by atoms with E-state index in [1.54, 1.807) is 0 Å². The van der Waals surface area contributed by atoms with Crippen LogP contribution in [0.1, 0.15) is 17.5 Å². The molecule has 0 spiro atoms. The minimum absolute atomic E-state index is 0.199. The molecule has 1 aromatic carbocycles. The molecule has 5 nitrogen and oxygen atoms in total. The number of hydrogen-bond donors (Lipinski definition) is 2. The van der Waals surface area contributed by atoms with Gasteiger partial charge in [-0.15, -0.1) is 0 Å². The number of carbonyl (C=O) groups excluding carboxylic acids is 1. The molecule has 96 valence electrons. The molecule has 2 rings (SSSR count). The normalized spacial score (nSPS) is 18.6. The lowest BCUT2D eigenvalue weighted by atomic mass is 10.0. The number of hydrogen-bond acceptors (Lipinski definition) is 3. The van der Waals surface area contributed by atoms with E-state index < -0.39 is 12.0 Å². The Hall–Kier alpha value is -2.04. The summed E-state index contributed by atoms with van der Waals surface area (Å²) < 4.78 is 5.67. The van der Waals surface area contributed by atoms with Crippen molar-refractivity contribution in [3.05, 3.63) is 29.3 Å². The van der Waals surface area contributed by atoms with Crippen molar-refractivity contribution in [1.29, 1.82) is 0 Å². The van der Waals surface area contributed by atoms with Crippen molar-refractivity contribution in [1.82, 2.24) is 5.32 Å². The Morgan fingerprint density at radius 2 is 2.44 bits per heavy atom. The molecule has 0 bridgehead atoms. The van der Waals surface area contributed by atoms with Crippen LogP contribution in [0.4, 0.5) is 0 Å². The number of aryl methyl sites for hydroxylation is 1. The Balaban J connectivity index is 2.02. The van der Waals surface area contributed by atoms with Gasteiger partial charge < -0.3 is 15.2 Å². The van der Waals surface area contributed by atoms with Crippen LogP contribution in [0.3, 0.4) is 0 Å². The number of rotatable bonds is 5. The van der Waals surface area contributed by atoms with Crippen LogP contribution in [0.2, 0.25) is 0 Å². The molecule has 0 aromatic heterocycles. The van der Waals surface area contributed by atoms with Gasteiger partial charge in [-0.1, -0.05) is 17.7 Å². The van der Waals surface area contributed by atoms with Crippen LogP contribution in [0.5, 0.6) is 5.75 Å². The smallest absolute Gasteiger partial charge is 0.326 e. The van der Waals surface area contributed by atoms with Gasteiger partial charge in [0.1, 0.15) is 17.9 Å². The summed E-state index contributed by atoms with van der Waals surface area (Å²) in [6.45, 7) is 2.00. The number of ether oxygens (including phenoxy) is 1. The monoisotopic (exact) mass is 249 g/mol. The number of amides is 1. The highest BCUT2D eigenvalue weighted by Gasteiger charge is 2.28. The SMILES string of the molecule is Cc1ccc2c(c1)CC(CC(NC=O)C(=O)O)O2. The summed E-state index contributed by atoms with van der Waals surface area (Å²) in [7, 11) is 0. The van der Waals surface area contributed by atoms with E-state index >= 15 is 0 Å². The van der Waals surface area contributed by atoms with E-state index in [1.165, 1.54) is 0 Å². The number of benzene rings is 1. The van der Waals surface area contributed by atoms with Gasteiger partial charge in [-0.3, -0.25) is 4.79 Å². The topological polar surface area (TPSA) is 75.6 Å². The second-order valence-electron chi connectivity index (χ2n) is 4.47. The third kappa shape index (κ3) is 2.61. The van der Waals surface area contributed by atoms with Gasteiger partial charge in [0.15, 0.2) is 0 Å². The van der Waals surface area contributed by atoms with Gasteiger partial charge in [0, 0.05) is 12.8 Å². The fourth-order valence-corrected chi connectivity index (χ4v) is 2.17. The van der Waals surface area contributed by atoms with Crippen molar-refractivity contribution < 1.29 is 19.4 Å². The van der Waals surface area contributed by atoms with Crippen LogP contribution in [0.25, 0.3) is 0 Å². The maximum absolute atomic E-state index is 10.9. The average Bonchev–Trinajstić information content (AvgIpc) is 2.69. The number of nitrogens with one attached hydrogen (secondary N) is 1. The molecule has 1 aliphatic rings. The largest absolute Gasteiger partial charge is 0.490 e. The van der Waals surface area contributed by atoms with Crippen LogP contribution in [-0.2, 0) is 16.0 Å². The molecule has 1 aromatic rings. The van der Waals surface area contributed by atoms with Gasteiger partial charge in [0.2, 0.25) is 6.41 Å². The molecule has 1 amide bonds. The highest BCUT2D eigenvalue weighted by molar-refractivity contribution is 5.76. The lowest BCUT2D eigenvalue weighted by Gasteiger charge is -2.16. The number of carboxylic acids is 1. The Labute approximate surface area is 105 Å². The van der Waals surface area contributed by atoms with Gasteiger partial charge in [-0.25, -0.2) is 4.79 Å². The van der Waals surface area contributed by atoms with Crippen LogP contribution >= 0.6 is 0 Å². The van der Waals surface area contributed by atoms with E-state index in [2.05, 4.69) is 5.32 Å². The third-order valence-electron chi connectivity index (χ3n) is 3.02. The molecule has 18 heavy (non-hydrogen) atoms. The molecule has 5 heteroatoms. The second kappa shape index (κ2) is 5.08. The van der Waals surface area contributed by atoms with E-state index in [1.807, 2.05) is 25.1 Å². The highest BCUT2D eigenvalue weighted by Crippen LogP contribution is 2.31. The fourth-order valence-electron chi connectivity index (χ4n) is 2.17. The van der Waals surface area contributed by atoms with E-state index in [0.717, 1.165) is 16.9 Å². The summed E-state index contributed by atoms with van der Waals surface area (Å²) in [6, 6.07) is 4.99. The van der Waals surface area contributed by atoms with E-state index in [9.17, 15) is 9.59 Å². The molecule has 0 saturated carbocycles. The first-order valence-electron chi connectivity index (χ1n) is 5.79. The molecule has 1 aliphatic heterocycles. The van der Waals surface area contributed by atoms with Gasteiger partial charge in [-0.05, 0) is 18.6 Å². The quantitative estimate of drug-likeness (QED) is 0.760. The van der Waals surface area contributed by atoms with Crippen molar-refractivity contribution in [3.63, 3.8) is 0 Å². The molecule has 2 N–H and O–H groups in total. The molecular formula is C13H15NO4. The summed E-state index contributed by atoms with van der Waals surface area (Å²) in [6.07, 6.45) is 1.16. The van der Waals surface area contributed by atoms with E-state index in [0.29, 0.717) is 12.8 Å². The zero-order chi connectivity index (χ0) is 13.1. The summed E-state index contributed by atoms with van der Waals surface area (Å²) in [5.74, 6) is -0.237. The number of fused-ring (bicyclic) bond motifs is 1. The van der Waals surface area contributed by atoms with Crippen molar-refractivity contribution in [2.45, 2.75) is 31.9 Å². The zero-order valence-electron chi connectivity index (χ0n) is 10.1. The Bertz CT molecular complexity index is 472. The van der Waals surface area contributed by atoms with Crippen LogP contribution < -0.4 is 10.1 Å². The lowest BCUT2D eigenvalue weighted by Crippen LogP contribution is -2.39. The molecule has 0 fully saturated rings. The highest BCUT2D eigenvalue weighted by atomic mass is 16.5. The van der Waals surface area contributed by atoms with Crippen molar-refractivity contribution >= 4 is 12.4 Å². The average molecular weight is 249 g/mol. The molecule has 2 unspecified atom stereocenters. The van der Waals surface area contributed by atoms with E-state index in [-0.39, 0.29) is 12.5 Å². The summed E-state index contributed by atoms with van der Waals surface area (Å²) in [5.41, 5.74) is 2.24. The molecule has 1 heterocycles. The predicted octanol–water partition coefficient (Wildman–Crippen LogP) is 0.888. The van der Waals surface area contributed by atoms with Crippen molar-refractivity contribution in [3.8, 4) is 5.75 Å². The first-order valence-corrected chi connectivity index (χ1v) is 5.79. The predicted molar refractivity (Wildman–Crippen MR) is 64.5 cm³/mol. The van der Waals surface area contributed by atoms with Gasteiger partial charge in [0.25, 0.3) is 0 Å².